The van der Waals surface area contributed by atoms with Gasteiger partial charge in [0.05, 0.1) is 12.5 Å². The number of hydrogen-bond acceptors (Lipinski definition) is 2. The second-order valence-corrected chi connectivity index (χ2v) is 6.38. The van der Waals surface area contributed by atoms with Crippen molar-refractivity contribution in [2.24, 2.45) is 0 Å². The van der Waals surface area contributed by atoms with E-state index in [9.17, 15) is 4.79 Å². The standard InChI is InChI=1S/C21H20N2O/c24-21(15-16-7-8-17-4-1-2-5-19(17)14-16)23-13-3-6-20(23)18-9-11-22-12-10-18/h1-2,4-5,7-12,14,20H,3,6,13,15H2. The third-order valence-electron chi connectivity index (χ3n) is 4.83. The van der Waals surface area contributed by atoms with Gasteiger partial charge in [0.15, 0.2) is 0 Å². The normalized spacial score (nSPS) is 17.3. The lowest BCUT2D eigenvalue weighted by Gasteiger charge is -2.25. The number of likely N-dealkylation sites (tertiary alicyclic amines) is 1. The van der Waals surface area contributed by atoms with Gasteiger partial charge in [-0.05, 0) is 46.9 Å². The largest absolute Gasteiger partial charge is 0.335 e. The third kappa shape index (κ3) is 2.90. The minimum Gasteiger partial charge on any atom is -0.335 e. The minimum atomic E-state index is 0.195. The fourth-order valence-corrected chi connectivity index (χ4v) is 3.62. The van der Waals surface area contributed by atoms with E-state index in [0.717, 1.165) is 24.9 Å². The van der Waals surface area contributed by atoms with Crippen LogP contribution in [0.2, 0.25) is 0 Å². The van der Waals surface area contributed by atoms with Crippen LogP contribution in [0.3, 0.4) is 0 Å². The Hall–Kier alpha value is -2.68. The van der Waals surface area contributed by atoms with Crippen molar-refractivity contribution in [1.29, 1.82) is 0 Å². The Kier molecular flexibility index (Phi) is 3.99. The zero-order chi connectivity index (χ0) is 16.4. The molecule has 120 valence electrons. The van der Waals surface area contributed by atoms with E-state index in [-0.39, 0.29) is 11.9 Å². The van der Waals surface area contributed by atoms with Gasteiger partial charge in [0.2, 0.25) is 5.91 Å². The molecule has 3 aromatic rings. The zero-order valence-electron chi connectivity index (χ0n) is 13.6. The van der Waals surface area contributed by atoms with Crippen molar-refractivity contribution >= 4 is 16.7 Å². The molecule has 24 heavy (non-hydrogen) atoms. The fourth-order valence-electron chi connectivity index (χ4n) is 3.62. The highest BCUT2D eigenvalue weighted by atomic mass is 16.2. The summed E-state index contributed by atoms with van der Waals surface area (Å²) in [5.41, 5.74) is 2.27. The van der Waals surface area contributed by atoms with E-state index >= 15 is 0 Å². The number of benzene rings is 2. The molecule has 1 aliphatic heterocycles. The van der Waals surface area contributed by atoms with Gasteiger partial charge < -0.3 is 4.90 Å². The molecule has 1 aromatic heterocycles. The van der Waals surface area contributed by atoms with E-state index < -0.39 is 0 Å². The average molecular weight is 316 g/mol. The molecule has 2 heterocycles. The predicted octanol–water partition coefficient (Wildman–Crippen LogP) is 4.14. The fraction of sp³-hybridized carbons (Fsp3) is 0.238. The summed E-state index contributed by atoms with van der Waals surface area (Å²) in [6, 6.07) is 18.8. The highest BCUT2D eigenvalue weighted by Crippen LogP contribution is 2.32. The predicted molar refractivity (Wildman–Crippen MR) is 95.6 cm³/mol. The van der Waals surface area contributed by atoms with Crippen molar-refractivity contribution in [1.82, 2.24) is 9.88 Å². The maximum atomic E-state index is 12.8. The summed E-state index contributed by atoms with van der Waals surface area (Å²) in [7, 11) is 0. The summed E-state index contributed by atoms with van der Waals surface area (Å²) >= 11 is 0. The van der Waals surface area contributed by atoms with Crippen LogP contribution in [0.4, 0.5) is 0 Å². The monoisotopic (exact) mass is 316 g/mol. The second-order valence-electron chi connectivity index (χ2n) is 6.38. The van der Waals surface area contributed by atoms with Crippen LogP contribution in [0.1, 0.15) is 30.0 Å². The van der Waals surface area contributed by atoms with E-state index in [1.54, 1.807) is 12.4 Å². The second kappa shape index (κ2) is 6.44. The van der Waals surface area contributed by atoms with Crippen molar-refractivity contribution in [2.45, 2.75) is 25.3 Å². The molecule has 0 radical (unpaired) electrons. The molecule has 1 saturated heterocycles. The number of hydrogen-bond donors (Lipinski definition) is 0. The summed E-state index contributed by atoms with van der Waals surface area (Å²) in [6.07, 6.45) is 6.18. The number of aromatic nitrogens is 1. The van der Waals surface area contributed by atoms with Gasteiger partial charge in [-0.3, -0.25) is 9.78 Å². The molecule has 3 heteroatoms. The summed E-state index contributed by atoms with van der Waals surface area (Å²) in [5.74, 6) is 0.213. The summed E-state index contributed by atoms with van der Waals surface area (Å²) in [6.45, 7) is 0.847. The number of rotatable bonds is 3. The molecule has 1 aliphatic rings. The van der Waals surface area contributed by atoms with Gasteiger partial charge in [-0.1, -0.05) is 42.5 Å². The van der Waals surface area contributed by atoms with E-state index in [2.05, 4.69) is 35.3 Å². The SMILES string of the molecule is O=C(Cc1ccc2ccccc2c1)N1CCCC1c1ccncc1. The number of carbonyl (C=O) groups excluding carboxylic acids is 1. The summed E-state index contributed by atoms with van der Waals surface area (Å²) in [4.78, 5) is 19.0. The van der Waals surface area contributed by atoms with Gasteiger partial charge in [0, 0.05) is 18.9 Å². The first-order chi connectivity index (χ1) is 11.8. The topological polar surface area (TPSA) is 33.2 Å². The van der Waals surface area contributed by atoms with E-state index in [4.69, 9.17) is 0 Å². The molecule has 1 unspecified atom stereocenters. The third-order valence-corrected chi connectivity index (χ3v) is 4.83. The number of fused-ring (bicyclic) bond motifs is 1. The van der Waals surface area contributed by atoms with Gasteiger partial charge in [-0.2, -0.15) is 0 Å². The van der Waals surface area contributed by atoms with Gasteiger partial charge in [0.1, 0.15) is 0 Å². The van der Waals surface area contributed by atoms with Crippen molar-refractivity contribution in [3.8, 4) is 0 Å². The van der Waals surface area contributed by atoms with Crippen molar-refractivity contribution in [3.05, 3.63) is 78.1 Å². The van der Waals surface area contributed by atoms with E-state index in [0.29, 0.717) is 6.42 Å². The Morgan fingerprint density at radius 3 is 2.67 bits per heavy atom. The number of carbonyl (C=O) groups is 1. The molecular formula is C21H20N2O. The molecule has 3 nitrogen and oxygen atoms in total. The highest BCUT2D eigenvalue weighted by Gasteiger charge is 2.29. The Balaban J connectivity index is 1.54. The van der Waals surface area contributed by atoms with Gasteiger partial charge in [-0.25, -0.2) is 0 Å². The Morgan fingerprint density at radius 1 is 1.04 bits per heavy atom. The van der Waals surface area contributed by atoms with Crippen LogP contribution in [0.5, 0.6) is 0 Å². The molecule has 0 spiro atoms. The maximum Gasteiger partial charge on any atom is 0.227 e. The van der Waals surface area contributed by atoms with Crippen LogP contribution >= 0.6 is 0 Å². The maximum absolute atomic E-state index is 12.8. The molecule has 1 amide bonds. The molecular weight excluding hydrogens is 296 g/mol. The average Bonchev–Trinajstić information content (AvgIpc) is 3.12. The zero-order valence-corrected chi connectivity index (χ0v) is 13.6. The first kappa shape index (κ1) is 14.9. The van der Waals surface area contributed by atoms with Crippen molar-refractivity contribution in [3.63, 3.8) is 0 Å². The van der Waals surface area contributed by atoms with Crippen molar-refractivity contribution < 1.29 is 4.79 Å². The summed E-state index contributed by atoms with van der Waals surface area (Å²) < 4.78 is 0. The Labute approximate surface area is 141 Å². The highest BCUT2D eigenvalue weighted by molar-refractivity contribution is 5.85. The molecule has 4 rings (SSSR count). The lowest BCUT2D eigenvalue weighted by Crippen LogP contribution is -2.31. The van der Waals surface area contributed by atoms with Crippen LogP contribution in [0, 0.1) is 0 Å². The lowest BCUT2D eigenvalue weighted by atomic mass is 10.0. The smallest absolute Gasteiger partial charge is 0.227 e. The Bertz CT molecular complexity index is 860. The van der Waals surface area contributed by atoms with Gasteiger partial charge >= 0.3 is 0 Å². The number of pyridine rings is 1. The van der Waals surface area contributed by atoms with E-state index in [1.807, 2.05) is 29.2 Å². The van der Waals surface area contributed by atoms with Gasteiger partial charge in [-0.15, -0.1) is 0 Å². The van der Waals surface area contributed by atoms with Crippen LogP contribution in [-0.2, 0) is 11.2 Å². The quantitative estimate of drug-likeness (QED) is 0.727. The molecule has 0 aliphatic carbocycles. The molecule has 0 saturated carbocycles. The molecule has 2 aromatic carbocycles. The number of nitrogens with zero attached hydrogens (tertiary/aromatic N) is 2. The molecule has 0 bridgehead atoms. The lowest BCUT2D eigenvalue weighted by molar-refractivity contribution is -0.131. The van der Waals surface area contributed by atoms with Gasteiger partial charge in [0.25, 0.3) is 0 Å². The van der Waals surface area contributed by atoms with Crippen LogP contribution in [-0.4, -0.2) is 22.3 Å². The Morgan fingerprint density at radius 2 is 1.83 bits per heavy atom. The molecule has 0 N–H and O–H groups in total. The molecule has 1 fully saturated rings. The summed E-state index contributed by atoms with van der Waals surface area (Å²) in [5, 5.41) is 2.40. The first-order valence-electron chi connectivity index (χ1n) is 8.48. The van der Waals surface area contributed by atoms with E-state index in [1.165, 1.54) is 16.3 Å². The van der Waals surface area contributed by atoms with Crippen molar-refractivity contribution in [2.75, 3.05) is 6.54 Å². The first-order valence-corrected chi connectivity index (χ1v) is 8.48. The molecule has 1 atom stereocenters. The van der Waals surface area contributed by atoms with Crippen LogP contribution in [0.25, 0.3) is 10.8 Å². The minimum absolute atomic E-state index is 0.195. The van der Waals surface area contributed by atoms with Crippen LogP contribution < -0.4 is 0 Å². The van der Waals surface area contributed by atoms with Crippen LogP contribution in [0.15, 0.2) is 67.0 Å². The number of amides is 1.